The van der Waals surface area contributed by atoms with Gasteiger partial charge in [0.25, 0.3) is 5.91 Å². The summed E-state index contributed by atoms with van der Waals surface area (Å²) in [6.07, 6.45) is 1.88. The van der Waals surface area contributed by atoms with Crippen molar-refractivity contribution in [2.45, 2.75) is 45.2 Å². The Hall–Kier alpha value is -4.20. The second kappa shape index (κ2) is 8.87. The van der Waals surface area contributed by atoms with E-state index in [0.717, 1.165) is 16.7 Å². The predicted octanol–water partition coefficient (Wildman–Crippen LogP) is 4.83. The highest BCUT2D eigenvalue weighted by molar-refractivity contribution is 6.00. The summed E-state index contributed by atoms with van der Waals surface area (Å²) in [5, 5.41) is 7.02. The second-order valence-corrected chi connectivity index (χ2v) is 9.64. The molecule has 1 unspecified atom stereocenters. The molecular weight excluding hydrogens is 444 g/mol. The van der Waals surface area contributed by atoms with Crippen LogP contribution < -0.4 is 5.32 Å². The fraction of sp³-hybridized carbons (Fsp3) is 0.259. The fourth-order valence-corrected chi connectivity index (χ4v) is 4.09. The lowest BCUT2D eigenvalue weighted by Gasteiger charge is -2.35. The van der Waals surface area contributed by atoms with Crippen LogP contribution in [0.25, 0.3) is 11.4 Å². The van der Waals surface area contributed by atoms with Crippen molar-refractivity contribution in [2.75, 3.05) is 5.32 Å². The van der Waals surface area contributed by atoms with Crippen LogP contribution in [0.4, 0.5) is 5.69 Å². The SMILES string of the molecule is CC(C)(C)c1nc(-c2ccc(NC(=O)C3Cc4ccccc4CN3C(=O)c3ccco3)cc2)no1. The van der Waals surface area contributed by atoms with Gasteiger partial charge in [-0.05, 0) is 47.5 Å². The van der Waals surface area contributed by atoms with Crippen molar-refractivity contribution in [2.24, 2.45) is 0 Å². The van der Waals surface area contributed by atoms with E-state index in [2.05, 4.69) is 15.5 Å². The number of hydrogen-bond acceptors (Lipinski definition) is 6. The number of hydrogen-bond donors (Lipinski definition) is 1. The highest BCUT2D eigenvalue weighted by Crippen LogP contribution is 2.27. The Kier molecular flexibility index (Phi) is 5.72. The molecule has 8 nitrogen and oxygen atoms in total. The van der Waals surface area contributed by atoms with E-state index < -0.39 is 6.04 Å². The molecule has 0 saturated carbocycles. The molecule has 4 aromatic rings. The molecule has 1 atom stereocenters. The van der Waals surface area contributed by atoms with Gasteiger partial charge in [0, 0.05) is 29.6 Å². The summed E-state index contributed by atoms with van der Waals surface area (Å²) in [5.41, 5.74) is 3.23. The Bertz CT molecular complexity index is 1350. The number of nitrogens with zero attached hydrogens (tertiary/aromatic N) is 3. The first kappa shape index (κ1) is 22.6. The van der Waals surface area contributed by atoms with Crippen LogP contribution in [-0.2, 0) is 23.2 Å². The molecule has 8 heteroatoms. The van der Waals surface area contributed by atoms with Crippen LogP contribution in [0, 0.1) is 0 Å². The molecule has 3 heterocycles. The number of rotatable bonds is 4. The summed E-state index contributed by atoms with van der Waals surface area (Å²) in [6, 6.07) is 17.7. The second-order valence-electron chi connectivity index (χ2n) is 9.64. The van der Waals surface area contributed by atoms with Crippen molar-refractivity contribution < 1.29 is 18.5 Å². The first-order valence-corrected chi connectivity index (χ1v) is 11.5. The molecule has 35 heavy (non-hydrogen) atoms. The third-order valence-electron chi connectivity index (χ3n) is 6.02. The molecule has 5 rings (SSSR count). The maximum atomic E-state index is 13.4. The molecule has 2 amide bonds. The first-order valence-electron chi connectivity index (χ1n) is 11.5. The van der Waals surface area contributed by atoms with Crippen LogP contribution in [0.1, 0.15) is 48.3 Å². The predicted molar refractivity (Wildman–Crippen MR) is 130 cm³/mol. The molecule has 0 spiro atoms. The maximum Gasteiger partial charge on any atom is 0.290 e. The Balaban J connectivity index is 1.35. The number of benzene rings is 2. The monoisotopic (exact) mass is 470 g/mol. The highest BCUT2D eigenvalue weighted by atomic mass is 16.5. The fourth-order valence-electron chi connectivity index (χ4n) is 4.09. The molecule has 1 N–H and O–H groups in total. The average Bonchev–Trinajstić information content (AvgIpc) is 3.56. The number of carbonyl (C=O) groups is 2. The van der Waals surface area contributed by atoms with Gasteiger partial charge in [0.05, 0.1) is 6.26 Å². The summed E-state index contributed by atoms with van der Waals surface area (Å²) in [5.74, 6) is 0.686. The van der Waals surface area contributed by atoms with Gasteiger partial charge in [0.2, 0.25) is 17.6 Å². The normalized spacial score (nSPS) is 15.5. The number of carbonyl (C=O) groups excluding carboxylic acids is 2. The smallest absolute Gasteiger partial charge is 0.290 e. The number of anilines is 1. The Labute approximate surface area is 202 Å². The summed E-state index contributed by atoms with van der Waals surface area (Å²) in [6.45, 7) is 6.35. The summed E-state index contributed by atoms with van der Waals surface area (Å²) in [4.78, 5) is 32.5. The van der Waals surface area contributed by atoms with E-state index in [4.69, 9.17) is 8.94 Å². The molecule has 2 aromatic heterocycles. The summed E-state index contributed by atoms with van der Waals surface area (Å²) in [7, 11) is 0. The quantitative estimate of drug-likeness (QED) is 0.458. The maximum absolute atomic E-state index is 13.4. The zero-order valence-corrected chi connectivity index (χ0v) is 19.8. The summed E-state index contributed by atoms with van der Waals surface area (Å²) >= 11 is 0. The van der Waals surface area contributed by atoms with Crippen molar-refractivity contribution in [3.63, 3.8) is 0 Å². The minimum absolute atomic E-state index is 0.210. The van der Waals surface area contributed by atoms with Crippen molar-refractivity contribution in [1.29, 1.82) is 0 Å². The van der Waals surface area contributed by atoms with Crippen LogP contribution in [0.5, 0.6) is 0 Å². The van der Waals surface area contributed by atoms with Crippen LogP contribution in [0.2, 0.25) is 0 Å². The minimum atomic E-state index is -0.672. The number of amides is 2. The van der Waals surface area contributed by atoms with Gasteiger partial charge in [0.1, 0.15) is 6.04 Å². The molecule has 0 fully saturated rings. The van der Waals surface area contributed by atoms with Crippen LogP contribution in [0.3, 0.4) is 0 Å². The number of fused-ring (bicyclic) bond motifs is 1. The molecular formula is C27H26N4O4. The molecule has 2 aromatic carbocycles. The van der Waals surface area contributed by atoms with Crippen LogP contribution >= 0.6 is 0 Å². The zero-order valence-electron chi connectivity index (χ0n) is 19.8. The number of furan rings is 1. The van der Waals surface area contributed by atoms with Gasteiger partial charge in [0.15, 0.2) is 5.76 Å². The van der Waals surface area contributed by atoms with E-state index in [9.17, 15) is 9.59 Å². The lowest BCUT2D eigenvalue weighted by atomic mass is 9.93. The molecule has 0 saturated heterocycles. The van der Waals surface area contributed by atoms with E-state index in [1.54, 1.807) is 29.2 Å². The molecule has 0 aliphatic carbocycles. The Morgan fingerprint density at radius 3 is 2.40 bits per heavy atom. The lowest BCUT2D eigenvalue weighted by molar-refractivity contribution is -0.121. The molecule has 1 aliphatic rings. The van der Waals surface area contributed by atoms with Gasteiger partial charge < -0.3 is 19.2 Å². The van der Waals surface area contributed by atoms with Gasteiger partial charge >= 0.3 is 0 Å². The number of aromatic nitrogens is 2. The summed E-state index contributed by atoms with van der Waals surface area (Å²) < 4.78 is 10.7. The van der Waals surface area contributed by atoms with Gasteiger partial charge in [-0.15, -0.1) is 0 Å². The minimum Gasteiger partial charge on any atom is -0.459 e. The van der Waals surface area contributed by atoms with Gasteiger partial charge in [-0.2, -0.15) is 4.98 Å². The van der Waals surface area contributed by atoms with Gasteiger partial charge in [-0.25, -0.2) is 0 Å². The largest absolute Gasteiger partial charge is 0.459 e. The highest BCUT2D eigenvalue weighted by Gasteiger charge is 2.36. The van der Waals surface area contributed by atoms with Gasteiger partial charge in [-0.3, -0.25) is 9.59 Å². The van der Waals surface area contributed by atoms with Crippen LogP contribution in [-0.4, -0.2) is 32.9 Å². The van der Waals surface area contributed by atoms with Crippen molar-refractivity contribution in [1.82, 2.24) is 15.0 Å². The Morgan fingerprint density at radius 2 is 1.74 bits per heavy atom. The zero-order chi connectivity index (χ0) is 24.6. The molecule has 178 valence electrons. The standard InChI is InChI=1S/C27H26N4O4/c1-27(2,3)26-29-23(30-35-26)17-10-12-20(13-11-17)28-24(32)21-15-18-7-4-5-8-19(18)16-31(21)25(33)22-9-6-14-34-22/h4-14,21H,15-16H2,1-3H3,(H,28,32). The lowest BCUT2D eigenvalue weighted by Crippen LogP contribution is -2.50. The third kappa shape index (κ3) is 4.59. The van der Waals surface area contributed by atoms with E-state index in [-0.39, 0.29) is 23.0 Å². The van der Waals surface area contributed by atoms with Crippen molar-refractivity contribution in [3.05, 3.63) is 89.7 Å². The number of nitrogens with one attached hydrogen (secondary N) is 1. The first-order chi connectivity index (χ1) is 16.8. The van der Waals surface area contributed by atoms with E-state index >= 15 is 0 Å². The van der Waals surface area contributed by atoms with Gasteiger partial charge in [-0.1, -0.05) is 50.2 Å². The molecule has 1 aliphatic heterocycles. The van der Waals surface area contributed by atoms with E-state index in [1.807, 2.05) is 57.2 Å². The van der Waals surface area contributed by atoms with E-state index in [0.29, 0.717) is 30.4 Å². The topological polar surface area (TPSA) is 101 Å². The third-order valence-corrected chi connectivity index (χ3v) is 6.02. The van der Waals surface area contributed by atoms with Crippen molar-refractivity contribution in [3.8, 4) is 11.4 Å². The van der Waals surface area contributed by atoms with Crippen molar-refractivity contribution >= 4 is 17.5 Å². The molecule has 0 bridgehead atoms. The Morgan fingerprint density at radius 1 is 1.00 bits per heavy atom. The van der Waals surface area contributed by atoms with Crippen LogP contribution in [0.15, 0.2) is 75.9 Å². The molecule has 0 radical (unpaired) electrons. The average molecular weight is 471 g/mol. The van der Waals surface area contributed by atoms with E-state index in [1.165, 1.54) is 6.26 Å².